The lowest BCUT2D eigenvalue weighted by Gasteiger charge is -2.17. The van der Waals surface area contributed by atoms with Crippen molar-refractivity contribution in [1.29, 1.82) is 0 Å². The van der Waals surface area contributed by atoms with Crippen LogP contribution in [0.3, 0.4) is 0 Å². The number of esters is 1. The summed E-state index contributed by atoms with van der Waals surface area (Å²) in [5.41, 5.74) is 2.07. The quantitative estimate of drug-likeness (QED) is 0.681. The maximum Gasteiger partial charge on any atom is 0.328 e. The van der Waals surface area contributed by atoms with Crippen LogP contribution in [0.2, 0.25) is 0 Å². The number of benzene rings is 2. The van der Waals surface area contributed by atoms with E-state index in [1.165, 1.54) is 13.3 Å². The fourth-order valence-electron chi connectivity index (χ4n) is 2.77. The number of nitrogens with one attached hydrogen (secondary N) is 1. The van der Waals surface area contributed by atoms with E-state index in [2.05, 4.69) is 10.3 Å². The Morgan fingerprint density at radius 3 is 2.52 bits per heavy atom. The SMILES string of the molecule is COC(=O)[C@H](Cc1ccc(OC)cc1)NC(=O)c1cnc2ccccc2c1. The van der Waals surface area contributed by atoms with Crippen LogP contribution >= 0.6 is 0 Å². The zero-order valence-electron chi connectivity index (χ0n) is 15.1. The monoisotopic (exact) mass is 364 g/mol. The molecule has 1 N–H and O–H groups in total. The van der Waals surface area contributed by atoms with Crippen LogP contribution in [0.4, 0.5) is 0 Å². The van der Waals surface area contributed by atoms with Gasteiger partial charge in [-0.2, -0.15) is 0 Å². The first kappa shape index (κ1) is 18.4. The van der Waals surface area contributed by atoms with Gasteiger partial charge in [-0.15, -0.1) is 0 Å². The number of rotatable bonds is 6. The molecular formula is C21H20N2O4. The molecule has 2 aromatic carbocycles. The van der Waals surface area contributed by atoms with Crippen molar-refractivity contribution in [2.75, 3.05) is 14.2 Å². The van der Waals surface area contributed by atoms with Gasteiger partial charge < -0.3 is 14.8 Å². The molecule has 138 valence electrons. The number of ether oxygens (including phenoxy) is 2. The molecule has 1 atom stereocenters. The molecule has 1 amide bonds. The Morgan fingerprint density at radius 1 is 1.07 bits per heavy atom. The molecule has 27 heavy (non-hydrogen) atoms. The number of methoxy groups -OCH3 is 2. The number of pyridine rings is 1. The topological polar surface area (TPSA) is 77.5 Å². The first-order valence-corrected chi connectivity index (χ1v) is 8.47. The van der Waals surface area contributed by atoms with E-state index >= 15 is 0 Å². The average Bonchev–Trinajstić information content (AvgIpc) is 2.72. The van der Waals surface area contributed by atoms with E-state index in [9.17, 15) is 9.59 Å². The molecule has 6 nitrogen and oxygen atoms in total. The van der Waals surface area contributed by atoms with Gasteiger partial charge in [0.1, 0.15) is 11.8 Å². The zero-order valence-corrected chi connectivity index (χ0v) is 15.1. The summed E-state index contributed by atoms with van der Waals surface area (Å²) >= 11 is 0. The Morgan fingerprint density at radius 2 is 1.81 bits per heavy atom. The minimum atomic E-state index is -0.803. The Kier molecular flexibility index (Phi) is 5.66. The van der Waals surface area contributed by atoms with Gasteiger partial charge in [-0.1, -0.05) is 30.3 Å². The van der Waals surface area contributed by atoms with Crippen LogP contribution in [-0.4, -0.2) is 37.1 Å². The van der Waals surface area contributed by atoms with Gasteiger partial charge in [-0.05, 0) is 29.8 Å². The van der Waals surface area contributed by atoms with Crippen molar-refractivity contribution < 1.29 is 19.1 Å². The minimum Gasteiger partial charge on any atom is -0.497 e. The lowest BCUT2D eigenvalue weighted by Crippen LogP contribution is -2.43. The molecule has 3 rings (SSSR count). The fraction of sp³-hybridized carbons (Fsp3) is 0.190. The smallest absolute Gasteiger partial charge is 0.328 e. The van der Waals surface area contributed by atoms with Crippen molar-refractivity contribution in [3.8, 4) is 5.75 Å². The van der Waals surface area contributed by atoms with Crippen LogP contribution in [0.15, 0.2) is 60.8 Å². The number of para-hydroxylation sites is 1. The van der Waals surface area contributed by atoms with Crippen molar-refractivity contribution in [2.45, 2.75) is 12.5 Å². The molecule has 0 aliphatic heterocycles. The molecule has 0 saturated heterocycles. The number of hydrogen-bond acceptors (Lipinski definition) is 5. The molecule has 0 aliphatic rings. The van der Waals surface area contributed by atoms with E-state index in [0.717, 1.165) is 22.2 Å². The summed E-state index contributed by atoms with van der Waals surface area (Å²) in [4.78, 5) is 29.1. The fourth-order valence-corrected chi connectivity index (χ4v) is 2.77. The molecule has 0 bridgehead atoms. The maximum absolute atomic E-state index is 12.6. The molecular weight excluding hydrogens is 344 g/mol. The Bertz CT molecular complexity index is 954. The largest absolute Gasteiger partial charge is 0.497 e. The van der Waals surface area contributed by atoms with Crippen molar-refractivity contribution in [1.82, 2.24) is 10.3 Å². The average molecular weight is 364 g/mol. The summed E-state index contributed by atoms with van der Waals surface area (Å²) in [6.07, 6.45) is 1.81. The van der Waals surface area contributed by atoms with Crippen LogP contribution in [0, 0.1) is 0 Å². The van der Waals surface area contributed by atoms with Gasteiger partial charge in [-0.3, -0.25) is 9.78 Å². The number of nitrogens with zero attached hydrogens (tertiary/aromatic N) is 1. The first-order valence-electron chi connectivity index (χ1n) is 8.47. The third kappa shape index (κ3) is 4.41. The first-order chi connectivity index (χ1) is 13.1. The second-order valence-corrected chi connectivity index (χ2v) is 6.02. The Hall–Kier alpha value is -3.41. The van der Waals surface area contributed by atoms with Gasteiger partial charge in [-0.25, -0.2) is 4.79 Å². The molecule has 0 saturated carbocycles. The van der Waals surface area contributed by atoms with Gasteiger partial charge in [0.15, 0.2) is 0 Å². The summed E-state index contributed by atoms with van der Waals surface area (Å²) in [6, 6.07) is 15.8. The highest BCUT2D eigenvalue weighted by atomic mass is 16.5. The van der Waals surface area contributed by atoms with Crippen LogP contribution in [0.5, 0.6) is 5.75 Å². The summed E-state index contributed by atoms with van der Waals surface area (Å²) < 4.78 is 9.97. The third-order valence-corrected chi connectivity index (χ3v) is 4.24. The van der Waals surface area contributed by atoms with E-state index < -0.39 is 12.0 Å². The van der Waals surface area contributed by atoms with E-state index in [1.54, 1.807) is 25.3 Å². The second kappa shape index (κ2) is 8.31. The van der Waals surface area contributed by atoms with Crippen LogP contribution < -0.4 is 10.1 Å². The summed E-state index contributed by atoms with van der Waals surface area (Å²) in [5, 5.41) is 3.60. The molecule has 3 aromatic rings. The van der Waals surface area contributed by atoms with Gasteiger partial charge >= 0.3 is 5.97 Å². The normalized spacial score (nSPS) is 11.6. The van der Waals surface area contributed by atoms with Gasteiger partial charge in [0, 0.05) is 18.0 Å². The van der Waals surface area contributed by atoms with E-state index in [4.69, 9.17) is 9.47 Å². The highest BCUT2D eigenvalue weighted by Crippen LogP contribution is 2.15. The van der Waals surface area contributed by atoms with Crippen LogP contribution in [-0.2, 0) is 16.0 Å². The van der Waals surface area contributed by atoms with Crippen molar-refractivity contribution in [3.05, 3.63) is 71.9 Å². The number of aromatic nitrogens is 1. The number of amides is 1. The lowest BCUT2D eigenvalue weighted by atomic mass is 10.0. The molecule has 1 heterocycles. The number of fused-ring (bicyclic) bond motifs is 1. The standard InChI is InChI=1S/C21H20N2O4/c1-26-17-9-7-14(8-10-17)11-19(21(25)27-2)23-20(24)16-12-15-5-3-4-6-18(15)22-13-16/h3-10,12-13,19H,11H2,1-2H3,(H,23,24)/t19-/m0/s1. The molecule has 0 radical (unpaired) electrons. The molecule has 0 aliphatic carbocycles. The Labute approximate surface area is 157 Å². The van der Waals surface area contributed by atoms with Crippen molar-refractivity contribution in [2.24, 2.45) is 0 Å². The van der Waals surface area contributed by atoms with Crippen LogP contribution in [0.1, 0.15) is 15.9 Å². The number of carbonyl (C=O) groups excluding carboxylic acids is 2. The predicted octanol–water partition coefficient (Wildman–Crippen LogP) is 2.76. The van der Waals surface area contributed by atoms with Gasteiger partial charge in [0.25, 0.3) is 5.91 Å². The Balaban J connectivity index is 1.77. The third-order valence-electron chi connectivity index (χ3n) is 4.24. The molecule has 6 heteroatoms. The molecule has 1 aromatic heterocycles. The summed E-state index contributed by atoms with van der Waals surface area (Å²) in [5.74, 6) is -0.162. The molecule has 0 unspecified atom stereocenters. The number of hydrogen-bond donors (Lipinski definition) is 1. The van der Waals surface area contributed by atoms with E-state index in [1.807, 2.05) is 36.4 Å². The van der Waals surface area contributed by atoms with E-state index in [-0.39, 0.29) is 5.91 Å². The summed E-state index contributed by atoms with van der Waals surface area (Å²) in [7, 11) is 2.89. The predicted molar refractivity (Wildman–Crippen MR) is 102 cm³/mol. The highest BCUT2D eigenvalue weighted by molar-refractivity contribution is 5.99. The van der Waals surface area contributed by atoms with E-state index in [0.29, 0.717) is 12.0 Å². The minimum absolute atomic E-state index is 0.309. The van der Waals surface area contributed by atoms with Crippen molar-refractivity contribution >= 4 is 22.8 Å². The molecule has 0 spiro atoms. The summed E-state index contributed by atoms with van der Waals surface area (Å²) in [6.45, 7) is 0. The van der Waals surface area contributed by atoms with Gasteiger partial charge in [0.05, 0.1) is 25.3 Å². The molecule has 0 fully saturated rings. The van der Waals surface area contributed by atoms with Gasteiger partial charge in [0.2, 0.25) is 0 Å². The highest BCUT2D eigenvalue weighted by Gasteiger charge is 2.23. The lowest BCUT2D eigenvalue weighted by molar-refractivity contribution is -0.142. The second-order valence-electron chi connectivity index (χ2n) is 6.02. The van der Waals surface area contributed by atoms with Crippen LogP contribution in [0.25, 0.3) is 10.9 Å². The number of carbonyl (C=O) groups is 2. The zero-order chi connectivity index (χ0) is 19.2. The van der Waals surface area contributed by atoms with Crippen molar-refractivity contribution in [3.63, 3.8) is 0 Å². The maximum atomic E-state index is 12.6.